The maximum atomic E-state index is 4.84. The number of benzene rings is 1. The molecule has 2 atom stereocenters. The van der Waals surface area contributed by atoms with E-state index in [1.165, 1.54) is 47.6 Å². The predicted octanol–water partition coefficient (Wildman–Crippen LogP) is 5.44. The van der Waals surface area contributed by atoms with Gasteiger partial charge in [0.05, 0.1) is 24.3 Å². The van der Waals surface area contributed by atoms with Crippen molar-refractivity contribution in [3.8, 4) is 0 Å². The normalized spacial score (nSPS) is 19.2. The minimum atomic E-state index is 0.472. The third kappa shape index (κ3) is 4.22. The van der Waals surface area contributed by atoms with Crippen LogP contribution in [0.15, 0.2) is 24.5 Å². The van der Waals surface area contributed by atoms with Crippen LogP contribution in [0.4, 0.5) is 5.69 Å². The molecule has 3 heterocycles. The lowest BCUT2D eigenvalue weighted by Gasteiger charge is -2.35. The Labute approximate surface area is 180 Å². The molecule has 0 bridgehead atoms. The van der Waals surface area contributed by atoms with Crippen molar-refractivity contribution < 1.29 is 0 Å². The van der Waals surface area contributed by atoms with Crippen LogP contribution in [0.3, 0.4) is 0 Å². The molecule has 2 unspecified atom stereocenters. The van der Waals surface area contributed by atoms with E-state index in [1.54, 1.807) is 0 Å². The van der Waals surface area contributed by atoms with Crippen molar-refractivity contribution >= 4 is 17.6 Å². The Morgan fingerprint density at radius 1 is 1.07 bits per heavy atom. The first kappa shape index (κ1) is 20.8. The quantitative estimate of drug-likeness (QED) is 0.590. The van der Waals surface area contributed by atoms with E-state index in [-0.39, 0.29) is 0 Å². The van der Waals surface area contributed by atoms with Crippen molar-refractivity contribution in [2.45, 2.75) is 77.9 Å². The number of nitrogens with zero attached hydrogens (tertiary/aromatic N) is 4. The maximum Gasteiger partial charge on any atom is 0.0952 e. The van der Waals surface area contributed by atoms with E-state index in [1.807, 2.05) is 11.9 Å². The van der Waals surface area contributed by atoms with Gasteiger partial charge >= 0.3 is 0 Å². The minimum Gasteiger partial charge on any atom is -0.369 e. The number of aromatic nitrogens is 2. The van der Waals surface area contributed by atoms with Gasteiger partial charge in [0.1, 0.15) is 0 Å². The highest BCUT2D eigenvalue weighted by Gasteiger charge is 2.25. The average Bonchev–Trinajstić information content (AvgIpc) is 3.15. The molecule has 0 saturated carbocycles. The van der Waals surface area contributed by atoms with Gasteiger partial charge in [0.15, 0.2) is 0 Å². The van der Waals surface area contributed by atoms with Crippen LogP contribution in [0.25, 0.3) is 0 Å². The first-order chi connectivity index (χ1) is 14.0. The number of hydrogen-bond donors (Lipinski definition) is 0. The molecular weight excluding hydrogens is 376 g/mol. The van der Waals surface area contributed by atoms with E-state index in [4.69, 9.17) is 4.98 Å². The SMILES string of the molecule is CSN1CCn2cnc(C(C)CC(C)c3ccc4c(c3)N(C(C)C)CCC4)c2C1. The summed E-state index contributed by atoms with van der Waals surface area (Å²) in [4.78, 5) is 7.42. The zero-order chi connectivity index (χ0) is 20.5. The van der Waals surface area contributed by atoms with Gasteiger partial charge in [-0.2, -0.15) is 0 Å². The molecule has 4 rings (SSSR count). The fourth-order valence-corrected chi connectivity index (χ4v) is 5.58. The summed E-state index contributed by atoms with van der Waals surface area (Å²) in [5.41, 5.74) is 7.19. The second-order valence-corrected chi connectivity index (χ2v) is 10.0. The van der Waals surface area contributed by atoms with Crippen molar-refractivity contribution in [1.82, 2.24) is 13.9 Å². The van der Waals surface area contributed by atoms with Crippen LogP contribution in [0.2, 0.25) is 0 Å². The van der Waals surface area contributed by atoms with Gasteiger partial charge in [-0.25, -0.2) is 9.29 Å². The first-order valence-corrected chi connectivity index (χ1v) is 12.4. The number of imidazole rings is 1. The van der Waals surface area contributed by atoms with E-state index in [9.17, 15) is 0 Å². The average molecular weight is 413 g/mol. The van der Waals surface area contributed by atoms with Crippen molar-refractivity contribution in [2.75, 3.05) is 24.2 Å². The van der Waals surface area contributed by atoms with Crippen LogP contribution >= 0.6 is 11.9 Å². The zero-order valence-corrected chi connectivity index (χ0v) is 19.5. The van der Waals surface area contributed by atoms with Gasteiger partial charge in [-0.3, -0.25) is 0 Å². The summed E-state index contributed by atoms with van der Waals surface area (Å²) < 4.78 is 4.81. The predicted molar refractivity (Wildman–Crippen MR) is 125 cm³/mol. The van der Waals surface area contributed by atoms with E-state index in [2.05, 4.69) is 72.2 Å². The molecule has 0 aliphatic carbocycles. The third-order valence-electron chi connectivity index (χ3n) is 6.78. The standard InChI is InChI=1S/C24H36N4S/c1-17(2)28-10-6-7-20-8-9-21(14-22(20)28)18(3)13-19(4)24-23-15-27(29-5)12-11-26(23)16-25-24/h8-9,14,16-19H,6-7,10-13,15H2,1-5H3. The molecule has 29 heavy (non-hydrogen) atoms. The summed E-state index contributed by atoms with van der Waals surface area (Å²) in [6.45, 7) is 13.7. The van der Waals surface area contributed by atoms with Crippen LogP contribution in [-0.2, 0) is 19.5 Å². The topological polar surface area (TPSA) is 24.3 Å². The zero-order valence-electron chi connectivity index (χ0n) is 18.7. The lowest BCUT2D eigenvalue weighted by molar-refractivity contribution is 0.372. The summed E-state index contributed by atoms with van der Waals surface area (Å²) in [7, 11) is 0. The highest BCUT2D eigenvalue weighted by atomic mass is 32.2. The summed E-state index contributed by atoms with van der Waals surface area (Å²) >= 11 is 1.85. The van der Waals surface area contributed by atoms with Crippen LogP contribution in [-0.4, -0.2) is 39.2 Å². The van der Waals surface area contributed by atoms with Crippen LogP contribution in [0, 0.1) is 0 Å². The molecule has 4 nitrogen and oxygen atoms in total. The van der Waals surface area contributed by atoms with Crippen molar-refractivity contribution in [3.05, 3.63) is 47.0 Å². The summed E-state index contributed by atoms with van der Waals surface area (Å²) in [5.74, 6) is 1.00. The molecule has 0 saturated heterocycles. The molecular formula is C24H36N4S. The van der Waals surface area contributed by atoms with E-state index in [0.717, 1.165) is 26.1 Å². The second kappa shape index (κ2) is 8.73. The number of hydrogen-bond acceptors (Lipinski definition) is 4. The molecule has 0 amide bonds. The number of anilines is 1. The fraction of sp³-hybridized carbons (Fsp3) is 0.625. The van der Waals surface area contributed by atoms with E-state index >= 15 is 0 Å². The summed E-state index contributed by atoms with van der Waals surface area (Å²) in [6.07, 6.45) is 7.87. The second-order valence-electron chi connectivity index (χ2n) is 9.13. The Morgan fingerprint density at radius 2 is 1.90 bits per heavy atom. The van der Waals surface area contributed by atoms with E-state index in [0.29, 0.717) is 17.9 Å². The number of fused-ring (bicyclic) bond motifs is 2. The highest BCUT2D eigenvalue weighted by Crippen LogP contribution is 2.36. The van der Waals surface area contributed by atoms with Crippen molar-refractivity contribution in [2.24, 2.45) is 0 Å². The number of aryl methyl sites for hydroxylation is 1. The Bertz CT molecular complexity index is 843. The molecule has 0 spiro atoms. The van der Waals surface area contributed by atoms with Gasteiger partial charge in [-0.15, -0.1) is 0 Å². The molecule has 2 aromatic rings. The Kier molecular flexibility index (Phi) is 6.26. The molecule has 1 aromatic carbocycles. The molecule has 0 fully saturated rings. The molecule has 2 aliphatic rings. The summed E-state index contributed by atoms with van der Waals surface area (Å²) in [5, 5.41) is 0. The summed E-state index contributed by atoms with van der Waals surface area (Å²) in [6, 6.07) is 7.80. The molecule has 1 aromatic heterocycles. The molecule has 158 valence electrons. The van der Waals surface area contributed by atoms with Gasteiger partial charge < -0.3 is 9.47 Å². The van der Waals surface area contributed by atoms with Gasteiger partial charge in [-0.1, -0.05) is 37.9 Å². The minimum absolute atomic E-state index is 0.472. The third-order valence-corrected chi connectivity index (χ3v) is 7.61. The van der Waals surface area contributed by atoms with Gasteiger partial charge in [0.25, 0.3) is 0 Å². The van der Waals surface area contributed by atoms with Crippen molar-refractivity contribution in [3.63, 3.8) is 0 Å². The lowest BCUT2D eigenvalue weighted by Crippen LogP contribution is -2.35. The van der Waals surface area contributed by atoms with Crippen LogP contribution in [0.5, 0.6) is 0 Å². The molecule has 0 N–H and O–H groups in total. The fourth-order valence-electron chi connectivity index (χ4n) is 5.06. The van der Waals surface area contributed by atoms with Crippen LogP contribution in [0.1, 0.15) is 74.9 Å². The first-order valence-electron chi connectivity index (χ1n) is 11.2. The van der Waals surface area contributed by atoms with E-state index < -0.39 is 0 Å². The van der Waals surface area contributed by atoms with Gasteiger partial charge in [0, 0.05) is 37.3 Å². The molecule has 2 aliphatic heterocycles. The van der Waals surface area contributed by atoms with Crippen LogP contribution < -0.4 is 4.90 Å². The maximum absolute atomic E-state index is 4.84. The van der Waals surface area contributed by atoms with Crippen molar-refractivity contribution in [1.29, 1.82) is 0 Å². The Balaban J connectivity index is 1.51. The Hall–Kier alpha value is -1.46. The van der Waals surface area contributed by atoms with Gasteiger partial charge in [-0.05, 0) is 62.5 Å². The largest absolute Gasteiger partial charge is 0.369 e. The van der Waals surface area contributed by atoms with Gasteiger partial charge in [0.2, 0.25) is 0 Å². The number of rotatable bonds is 6. The smallest absolute Gasteiger partial charge is 0.0952 e. The molecule has 0 radical (unpaired) electrons. The Morgan fingerprint density at radius 3 is 2.66 bits per heavy atom. The highest BCUT2D eigenvalue weighted by molar-refractivity contribution is 7.96. The monoisotopic (exact) mass is 412 g/mol. The lowest BCUT2D eigenvalue weighted by atomic mass is 9.87. The molecule has 5 heteroatoms.